The number of aryl methyl sites for hydroxylation is 1. The summed E-state index contributed by atoms with van der Waals surface area (Å²) in [6.07, 6.45) is 8.63. The molecule has 0 saturated heterocycles. The quantitative estimate of drug-likeness (QED) is 0.552. The number of anilines is 1. The largest absolute Gasteiger partial charge is 0.392 e. The molecule has 5 nitrogen and oxygen atoms in total. The van der Waals surface area contributed by atoms with Crippen LogP contribution in [0.1, 0.15) is 61.3 Å². The van der Waals surface area contributed by atoms with E-state index in [1.807, 2.05) is 54.6 Å². The van der Waals surface area contributed by atoms with Crippen LogP contribution in [-0.2, 0) is 17.8 Å². The van der Waals surface area contributed by atoms with Crippen LogP contribution in [0.3, 0.4) is 0 Å². The highest BCUT2D eigenvalue weighted by Gasteiger charge is 2.23. The molecule has 2 aromatic carbocycles. The standard InChI is InChI=1S/C26H29N3O2/c30-18-20-11-14-21(15-12-20)23-17-27-26(25(28-23)22-9-5-2-6-10-22)29-24(31)16-13-19-7-3-1-4-8-19/h1,3-4,7-8,11-12,14-15,17,22,30H,2,5-6,9-10,13,16,18H2,(H,27,29,31). The Balaban J connectivity index is 1.54. The van der Waals surface area contributed by atoms with Gasteiger partial charge in [0.2, 0.25) is 5.91 Å². The number of hydrogen-bond acceptors (Lipinski definition) is 4. The summed E-state index contributed by atoms with van der Waals surface area (Å²) in [6.45, 7) is 0.0211. The molecule has 0 radical (unpaired) electrons. The molecule has 1 aromatic heterocycles. The minimum atomic E-state index is -0.0322. The van der Waals surface area contributed by atoms with Gasteiger partial charge < -0.3 is 10.4 Å². The molecule has 5 heteroatoms. The number of nitrogens with one attached hydrogen (secondary N) is 1. The number of carbonyl (C=O) groups is 1. The van der Waals surface area contributed by atoms with Gasteiger partial charge in [-0.25, -0.2) is 9.97 Å². The van der Waals surface area contributed by atoms with Crippen LogP contribution >= 0.6 is 0 Å². The number of hydrogen-bond donors (Lipinski definition) is 2. The predicted octanol–water partition coefficient (Wildman–Crippen LogP) is 5.25. The lowest BCUT2D eigenvalue weighted by Crippen LogP contribution is -2.18. The van der Waals surface area contributed by atoms with Crippen LogP contribution in [0.25, 0.3) is 11.3 Å². The maximum absolute atomic E-state index is 12.6. The lowest BCUT2D eigenvalue weighted by Gasteiger charge is -2.23. The number of rotatable bonds is 7. The van der Waals surface area contributed by atoms with E-state index >= 15 is 0 Å². The number of aliphatic hydroxyl groups is 1. The second-order valence-electron chi connectivity index (χ2n) is 8.21. The topological polar surface area (TPSA) is 75.1 Å². The fourth-order valence-electron chi connectivity index (χ4n) is 4.18. The smallest absolute Gasteiger partial charge is 0.225 e. The van der Waals surface area contributed by atoms with Crippen LogP contribution in [0.2, 0.25) is 0 Å². The average Bonchev–Trinajstić information content (AvgIpc) is 2.84. The van der Waals surface area contributed by atoms with Gasteiger partial charge in [-0.2, -0.15) is 0 Å². The minimum Gasteiger partial charge on any atom is -0.392 e. The molecule has 0 spiro atoms. The van der Waals surface area contributed by atoms with Crippen molar-refractivity contribution in [1.29, 1.82) is 0 Å². The molecule has 1 aliphatic carbocycles. The molecule has 31 heavy (non-hydrogen) atoms. The summed E-state index contributed by atoms with van der Waals surface area (Å²) in [6, 6.07) is 17.8. The highest BCUT2D eigenvalue weighted by molar-refractivity contribution is 5.90. The summed E-state index contributed by atoms with van der Waals surface area (Å²) in [5, 5.41) is 12.3. The zero-order valence-electron chi connectivity index (χ0n) is 17.8. The lowest BCUT2D eigenvalue weighted by molar-refractivity contribution is -0.116. The summed E-state index contributed by atoms with van der Waals surface area (Å²) in [5.74, 6) is 0.887. The first-order chi connectivity index (χ1) is 15.2. The maximum atomic E-state index is 12.6. The molecule has 0 atom stereocenters. The van der Waals surface area contributed by atoms with Gasteiger partial charge in [0.1, 0.15) is 0 Å². The zero-order valence-corrected chi connectivity index (χ0v) is 17.8. The Bertz CT molecular complexity index is 997. The van der Waals surface area contributed by atoms with Crippen molar-refractivity contribution < 1.29 is 9.90 Å². The van der Waals surface area contributed by atoms with Crippen LogP contribution < -0.4 is 5.32 Å². The maximum Gasteiger partial charge on any atom is 0.225 e. The number of amides is 1. The van der Waals surface area contributed by atoms with Crippen LogP contribution in [0.5, 0.6) is 0 Å². The van der Waals surface area contributed by atoms with E-state index in [-0.39, 0.29) is 12.5 Å². The highest BCUT2D eigenvalue weighted by Crippen LogP contribution is 2.35. The van der Waals surface area contributed by atoms with E-state index in [0.29, 0.717) is 24.6 Å². The van der Waals surface area contributed by atoms with Crippen molar-refractivity contribution in [3.05, 3.63) is 77.6 Å². The first-order valence-corrected chi connectivity index (χ1v) is 11.1. The number of aliphatic hydroxyl groups excluding tert-OH is 1. The summed E-state index contributed by atoms with van der Waals surface area (Å²) in [4.78, 5) is 22.2. The SMILES string of the molecule is O=C(CCc1ccccc1)Nc1ncc(-c2ccc(CO)cc2)nc1C1CCCCC1. The molecule has 1 heterocycles. The van der Waals surface area contributed by atoms with Crippen molar-refractivity contribution in [2.24, 2.45) is 0 Å². The summed E-state index contributed by atoms with van der Waals surface area (Å²) in [5.41, 5.74) is 4.68. The van der Waals surface area contributed by atoms with Crippen molar-refractivity contribution in [3.8, 4) is 11.3 Å². The molecular weight excluding hydrogens is 386 g/mol. The Morgan fingerprint density at radius 3 is 2.42 bits per heavy atom. The van der Waals surface area contributed by atoms with Crippen LogP contribution in [0.15, 0.2) is 60.8 Å². The Labute approximate surface area is 183 Å². The molecule has 4 rings (SSSR count). The van der Waals surface area contributed by atoms with E-state index in [1.165, 1.54) is 19.3 Å². The molecule has 1 amide bonds. The Morgan fingerprint density at radius 2 is 1.71 bits per heavy atom. The molecule has 2 N–H and O–H groups in total. The van der Waals surface area contributed by atoms with Crippen molar-refractivity contribution in [2.75, 3.05) is 5.32 Å². The second-order valence-corrected chi connectivity index (χ2v) is 8.21. The molecule has 1 saturated carbocycles. The lowest BCUT2D eigenvalue weighted by atomic mass is 9.86. The normalized spacial score (nSPS) is 14.4. The number of benzene rings is 2. The molecular formula is C26H29N3O2. The van der Waals surface area contributed by atoms with E-state index in [4.69, 9.17) is 4.98 Å². The Hall–Kier alpha value is -3.05. The number of carbonyl (C=O) groups excluding carboxylic acids is 1. The van der Waals surface area contributed by atoms with Gasteiger partial charge in [0.05, 0.1) is 24.2 Å². The van der Waals surface area contributed by atoms with Gasteiger partial charge in [-0.15, -0.1) is 0 Å². The first-order valence-electron chi connectivity index (χ1n) is 11.1. The first kappa shape index (κ1) is 21.2. The van der Waals surface area contributed by atoms with Gasteiger partial charge in [0.25, 0.3) is 0 Å². The molecule has 0 aliphatic heterocycles. The molecule has 3 aromatic rings. The molecule has 1 aliphatic rings. The number of nitrogens with zero attached hydrogens (tertiary/aromatic N) is 2. The van der Waals surface area contributed by atoms with E-state index in [0.717, 1.165) is 40.9 Å². The van der Waals surface area contributed by atoms with Crippen LogP contribution in [0.4, 0.5) is 5.82 Å². The minimum absolute atomic E-state index is 0.0211. The van der Waals surface area contributed by atoms with E-state index < -0.39 is 0 Å². The van der Waals surface area contributed by atoms with Crippen molar-refractivity contribution in [2.45, 2.75) is 57.5 Å². The van der Waals surface area contributed by atoms with E-state index in [1.54, 1.807) is 6.20 Å². The van der Waals surface area contributed by atoms with Gasteiger partial charge in [0.15, 0.2) is 5.82 Å². The molecule has 0 unspecified atom stereocenters. The van der Waals surface area contributed by atoms with Gasteiger partial charge in [-0.1, -0.05) is 73.9 Å². The van der Waals surface area contributed by atoms with Gasteiger partial charge in [-0.05, 0) is 30.4 Å². The summed E-state index contributed by atoms with van der Waals surface area (Å²) in [7, 11) is 0. The Kier molecular flexibility index (Phi) is 7.05. The average molecular weight is 416 g/mol. The van der Waals surface area contributed by atoms with Crippen molar-refractivity contribution >= 4 is 11.7 Å². The predicted molar refractivity (Wildman–Crippen MR) is 123 cm³/mol. The highest BCUT2D eigenvalue weighted by atomic mass is 16.3. The van der Waals surface area contributed by atoms with E-state index in [2.05, 4.69) is 10.3 Å². The van der Waals surface area contributed by atoms with Gasteiger partial charge in [-0.3, -0.25) is 4.79 Å². The molecule has 160 valence electrons. The summed E-state index contributed by atoms with van der Waals surface area (Å²) >= 11 is 0. The number of aromatic nitrogens is 2. The second kappa shape index (κ2) is 10.3. The fourth-order valence-corrected chi connectivity index (χ4v) is 4.18. The van der Waals surface area contributed by atoms with Crippen LogP contribution in [-0.4, -0.2) is 21.0 Å². The van der Waals surface area contributed by atoms with E-state index in [9.17, 15) is 9.90 Å². The van der Waals surface area contributed by atoms with Crippen molar-refractivity contribution in [3.63, 3.8) is 0 Å². The molecule has 0 bridgehead atoms. The Morgan fingerprint density at radius 1 is 0.968 bits per heavy atom. The third kappa shape index (κ3) is 5.56. The third-order valence-corrected chi connectivity index (χ3v) is 5.96. The monoisotopic (exact) mass is 415 g/mol. The van der Waals surface area contributed by atoms with Crippen molar-refractivity contribution in [1.82, 2.24) is 9.97 Å². The van der Waals surface area contributed by atoms with Crippen LogP contribution in [0, 0.1) is 0 Å². The third-order valence-electron chi connectivity index (χ3n) is 5.96. The molecule has 1 fully saturated rings. The van der Waals surface area contributed by atoms with Gasteiger partial charge >= 0.3 is 0 Å². The zero-order chi connectivity index (χ0) is 21.5. The summed E-state index contributed by atoms with van der Waals surface area (Å²) < 4.78 is 0. The fraction of sp³-hybridized carbons (Fsp3) is 0.346. The van der Waals surface area contributed by atoms with Gasteiger partial charge in [0, 0.05) is 17.9 Å².